The number of rotatable bonds is 3. The van der Waals surface area contributed by atoms with E-state index in [1.807, 2.05) is 0 Å². The molecule has 3 N–H and O–H groups in total. The summed E-state index contributed by atoms with van der Waals surface area (Å²) in [6, 6.07) is 6.58. The Morgan fingerprint density at radius 2 is 2.13 bits per heavy atom. The topological polar surface area (TPSA) is 41.8 Å². The fourth-order valence-electron chi connectivity index (χ4n) is 1.81. The summed E-state index contributed by atoms with van der Waals surface area (Å²) in [5, 5.41) is 1.33. The van der Waals surface area contributed by atoms with E-state index in [0.717, 1.165) is 12.8 Å². The van der Waals surface area contributed by atoms with Gasteiger partial charge in [0, 0.05) is 17.1 Å². The summed E-state index contributed by atoms with van der Waals surface area (Å²) in [6.07, 6.45) is 4.10. The molecule has 0 aliphatic carbocycles. The zero-order valence-corrected chi connectivity index (χ0v) is 9.73. The lowest BCUT2D eigenvalue weighted by Gasteiger charge is -1.99. The second-order valence-corrected chi connectivity index (χ2v) is 3.59. The molecule has 1 heterocycles. The van der Waals surface area contributed by atoms with Crippen molar-refractivity contribution in [3.63, 3.8) is 0 Å². The quantitative estimate of drug-likeness (QED) is 0.827. The van der Waals surface area contributed by atoms with E-state index in [2.05, 4.69) is 36.3 Å². The summed E-state index contributed by atoms with van der Waals surface area (Å²) >= 11 is 0. The van der Waals surface area contributed by atoms with Crippen LogP contribution >= 0.6 is 12.4 Å². The van der Waals surface area contributed by atoms with Crippen LogP contribution in [0.1, 0.15) is 18.1 Å². The molecule has 0 fully saturated rings. The molecule has 0 unspecified atom stereocenters. The molecule has 0 amide bonds. The standard InChI is InChI=1S/C12H16N2.ClH/c1-2-9-3-4-12-11(7-9)10(5-6-13)8-14-12;/h3-4,7-8,14H,2,5-6,13H2,1H3;1H. The predicted octanol–water partition coefficient (Wildman–Crippen LogP) is 2.65. The zero-order chi connectivity index (χ0) is 9.97. The van der Waals surface area contributed by atoms with E-state index in [9.17, 15) is 0 Å². The van der Waals surface area contributed by atoms with Crippen LogP contribution in [0.2, 0.25) is 0 Å². The van der Waals surface area contributed by atoms with Crippen molar-refractivity contribution >= 4 is 23.3 Å². The van der Waals surface area contributed by atoms with E-state index in [1.165, 1.54) is 22.0 Å². The van der Waals surface area contributed by atoms with Crippen LogP contribution in [-0.2, 0) is 12.8 Å². The van der Waals surface area contributed by atoms with Crippen LogP contribution in [0, 0.1) is 0 Å². The molecule has 0 atom stereocenters. The van der Waals surface area contributed by atoms with Crippen LogP contribution in [-0.4, -0.2) is 11.5 Å². The van der Waals surface area contributed by atoms with Gasteiger partial charge in [0.15, 0.2) is 0 Å². The second kappa shape index (κ2) is 5.19. The Hall–Kier alpha value is -0.990. The molecule has 3 heteroatoms. The number of halogens is 1. The summed E-state index contributed by atoms with van der Waals surface area (Å²) in [5.41, 5.74) is 9.50. The van der Waals surface area contributed by atoms with Crippen molar-refractivity contribution in [3.05, 3.63) is 35.5 Å². The maximum atomic E-state index is 5.57. The highest BCUT2D eigenvalue weighted by Crippen LogP contribution is 2.20. The number of aryl methyl sites for hydroxylation is 1. The molecule has 1 aromatic carbocycles. The Kier molecular flexibility index (Phi) is 4.18. The third-order valence-electron chi connectivity index (χ3n) is 2.65. The molecule has 0 spiro atoms. The van der Waals surface area contributed by atoms with E-state index in [4.69, 9.17) is 5.73 Å². The fourth-order valence-corrected chi connectivity index (χ4v) is 1.81. The van der Waals surface area contributed by atoms with Gasteiger partial charge in [-0.2, -0.15) is 0 Å². The molecule has 2 nitrogen and oxygen atoms in total. The lowest BCUT2D eigenvalue weighted by atomic mass is 10.1. The SMILES string of the molecule is CCc1ccc2[nH]cc(CCN)c2c1.Cl. The van der Waals surface area contributed by atoms with Crippen LogP contribution in [0.3, 0.4) is 0 Å². The van der Waals surface area contributed by atoms with Crippen molar-refractivity contribution in [1.29, 1.82) is 0 Å². The highest BCUT2D eigenvalue weighted by atomic mass is 35.5. The largest absolute Gasteiger partial charge is 0.361 e. The van der Waals surface area contributed by atoms with E-state index in [1.54, 1.807) is 0 Å². The Morgan fingerprint density at radius 1 is 1.33 bits per heavy atom. The first-order valence-electron chi connectivity index (χ1n) is 5.14. The first kappa shape index (κ1) is 12.1. The van der Waals surface area contributed by atoms with Gasteiger partial charge >= 0.3 is 0 Å². The summed E-state index contributed by atoms with van der Waals surface area (Å²) < 4.78 is 0. The minimum Gasteiger partial charge on any atom is -0.361 e. The third kappa shape index (κ3) is 2.33. The highest BCUT2D eigenvalue weighted by Gasteiger charge is 2.02. The predicted molar refractivity (Wildman–Crippen MR) is 67.7 cm³/mol. The maximum Gasteiger partial charge on any atom is 0.0456 e. The van der Waals surface area contributed by atoms with E-state index >= 15 is 0 Å². The molecule has 0 aliphatic heterocycles. The fraction of sp³-hybridized carbons (Fsp3) is 0.333. The van der Waals surface area contributed by atoms with Crippen molar-refractivity contribution in [1.82, 2.24) is 4.98 Å². The molecule has 15 heavy (non-hydrogen) atoms. The Bertz CT molecular complexity index is 434. The number of aromatic amines is 1. The van der Waals surface area contributed by atoms with E-state index in [-0.39, 0.29) is 12.4 Å². The second-order valence-electron chi connectivity index (χ2n) is 3.59. The molecule has 2 rings (SSSR count). The van der Waals surface area contributed by atoms with Crippen LogP contribution in [0.5, 0.6) is 0 Å². The molecule has 1 aromatic heterocycles. The van der Waals surface area contributed by atoms with Crippen LogP contribution < -0.4 is 5.73 Å². The van der Waals surface area contributed by atoms with E-state index < -0.39 is 0 Å². The lowest BCUT2D eigenvalue weighted by molar-refractivity contribution is 0.976. The van der Waals surface area contributed by atoms with Gasteiger partial charge < -0.3 is 10.7 Å². The summed E-state index contributed by atoms with van der Waals surface area (Å²) in [7, 11) is 0. The minimum absolute atomic E-state index is 0. The normalized spacial score (nSPS) is 10.3. The van der Waals surface area contributed by atoms with Gasteiger partial charge in [-0.15, -0.1) is 12.4 Å². The Balaban J connectivity index is 0.00000112. The summed E-state index contributed by atoms with van der Waals surface area (Å²) in [5.74, 6) is 0. The number of fused-ring (bicyclic) bond motifs is 1. The molecule has 0 aliphatic rings. The molecule has 0 saturated heterocycles. The molecule has 0 saturated carbocycles. The lowest BCUT2D eigenvalue weighted by Crippen LogP contribution is -2.01. The smallest absolute Gasteiger partial charge is 0.0456 e. The van der Waals surface area contributed by atoms with Gasteiger partial charge in [-0.25, -0.2) is 0 Å². The van der Waals surface area contributed by atoms with Gasteiger partial charge in [0.05, 0.1) is 0 Å². The number of aromatic nitrogens is 1. The van der Waals surface area contributed by atoms with Gasteiger partial charge in [0.25, 0.3) is 0 Å². The zero-order valence-electron chi connectivity index (χ0n) is 8.92. The maximum absolute atomic E-state index is 5.57. The number of H-pyrrole nitrogens is 1. The van der Waals surface area contributed by atoms with Crippen LogP contribution in [0.15, 0.2) is 24.4 Å². The first-order valence-corrected chi connectivity index (χ1v) is 5.14. The first-order chi connectivity index (χ1) is 6.85. The van der Waals surface area contributed by atoms with Gasteiger partial charge in [0.1, 0.15) is 0 Å². The van der Waals surface area contributed by atoms with Crippen molar-refractivity contribution in [2.45, 2.75) is 19.8 Å². The molecule has 2 aromatic rings. The Labute approximate surface area is 96.3 Å². The number of nitrogens with one attached hydrogen (secondary N) is 1. The minimum atomic E-state index is 0. The van der Waals surface area contributed by atoms with Crippen LogP contribution in [0.4, 0.5) is 0 Å². The summed E-state index contributed by atoms with van der Waals surface area (Å²) in [4.78, 5) is 3.27. The van der Waals surface area contributed by atoms with E-state index in [0.29, 0.717) is 6.54 Å². The molecule has 0 bridgehead atoms. The number of nitrogens with two attached hydrogens (primary N) is 1. The number of hydrogen-bond acceptors (Lipinski definition) is 1. The average molecular weight is 225 g/mol. The van der Waals surface area contributed by atoms with Crippen LogP contribution in [0.25, 0.3) is 10.9 Å². The number of benzene rings is 1. The number of hydrogen-bond donors (Lipinski definition) is 2. The van der Waals surface area contributed by atoms with Gasteiger partial charge in [0.2, 0.25) is 0 Å². The van der Waals surface area contributed by atoms with Gasteiger partial charge in [-0.1, -0.05) is 13.0 Å². The van der Waals surface area contributed by atoms with Crippen molar-refractivity contribution in [3.8, 4) is 0 Å². The van der Waals surface area contributed by atoms with Crippen molar-refractivity contribution in [2.24, 2.45) is 5.73 Å². The average Bonchev–Trinajstić information content (AvgIpc) is 2.61. The van der Waals surface area contributed by atoms with Crippen molar-refractivity contribution < 1.29 is 0 Å². The van der Waals surface area contributed by atoms with Crippen molar-refractivity contribution in [2.75, 3.05) is 6.54 Å². The molecular weight excluding hydrogens is 208 g/mol. The molecular formula is C12H17ClN2. The third-order valence-corrected chi connectivity index (χ3v) is 2.65. The molecule has 82 valence electrons. The van der Waals surface area contributed by atoms with Gasteiger partial charge in [-0.05, 0) is 42.6 Å². The summed E-state index contributed by atoms with van der Waals surface area (Å²) in [6.45, 7) is 2.89. The van der Waals surface area contributed by atoms with Gasteiger partial charge in [-0.3, -0.25) is 0 Å². The monoisotopic (exact) mass is 224 g/mol. The highest BCUT2D eigenvalue weighted by molar-refractivity contribution is 5.85. The Morgan fingerprint density at radius 3 is 2.80 bits per heavy atom. The molecule has 0 radical (unpaired) electrons.